The van der Waals surface area contributed by atoms with Crippen molar-refractivity contribution < 1.29 is 0 Å². The third-order valence-electron chi connectivity index (χ3n) is 2.60. The largest absolute Gasteiger partial charge is 0.0605 e. The van der Waals surface area contributed by atoms with E-state index in [0.29, 0.717) is 0 Å². The second-order valence-corrected chi connectivity index (χ2v) is 4.27. The molecule has 0 saturated heterocycles. The predicted octanol–water partition coefficient (Wildman–Crippen LogP) is 3.91. The molecule has 0 N–H and O–H groups in total. The van der Waals surface area contributed by atoms with Crippen LogP contribution in [0.3, 0.4) is 0 Å². The minimum atomic E-state index is 0.764. The maximum atomic E-state index is 3.58. The average molecular weight is 224 g/mol. The zero-order chi connectivity index (χ0) is 8.39. The molecule has 0 atom stereocenters. The van der Waals surface area contributed by atoms with E-state index in [-0.39, 0.29) is 0 Å². The first-order valence-electron chi connectivity index (χ1n) is 4.54. The van der Waals surface area contributed by atoms with Gasteiger partial charge in [0.1, 0.15) is 0 Å². The van der Waals surface area contributed by atoms with Crippen molar-refractivity contribution in [2.24, 2.45) is 0 Å². The molecule has 0 nitrogen and oxygen atoms in total. The molecule has 1 heteroatoms. The van der Waals surface area contributed by atoms with E-state index in [1.165, 1.54) is 35.7 Å². The Hall–Kier alpha value is -0.300. The summed E-state index contributed by atoms with van der Waals surface area (Å²) in [7, 11) is 0. The highest BCUT2D eigenvalue weighted by Gasteiger charge is 2.18. The molecular weight excluding hydrogens is 212 g/mol. The fourth-order valence-corrected chi connectivity index (χ4v) is 2.55. The minimum Gasteiger partial charge on any atom is -0.0605 e. The SMILES string of the molecule is Brc1ccc[c]c1C1CCCC1. The summed E-state index contributed by atoms with van der Waals surface area (Å²) in [5.74, 6) is 0.764. The van der Waals surface area contributed by atoms with Crippen molar-refractivity contribution in [3.8, 4) is 0 Å². The molecule has 1 saturated carbocycles. The Morgan fingerprint density at radius 3 is 2.75 bits per heavy atom. The Balaban J connectivity index is 2.26. The molecule has 1 radical (unpaired) electrons. The molecule has 1 aromatic carbocycles. The van der Waals surface area contributed by atoms with E-state index in [1.807, 2.05) is 12.1 Å². The molecule has 0 aliphatic heterocycles. The van der Waals surface area contributed by atoms with Crippen LogP contribution < -0.4 is 0 Å². The van der Waals surface area contributed by atoms with Crippen LogP contribution in [0.1, 0.15) is 37.2 Å². The van der Waals surface area contributed by atoms with Crippen molar-refractivity contribution in [1.29, 1.82) is 0 Å². The molecule has 1 fully saturated rings. The Morgan fingerprint density at radius 2 is 2.08 bits per heavy atom. The fraction of sp³-hybridized carbons (Fsp3) is 0.455. The van der Waals surface area contributed by atoms with E-state index in [0.717, 1.165) is 5.92 Å². The zero-order valence-corrected chi connectivity index (χ0v) is 8.60. The van der Waals surface area contributed by atoms with Gasteiger partial charge >= 0.3 is 0 Å². The summed E-state index contributed by atoms with van der Waals surface area (Å²) in [4.78, 5) is 0. The van der Waals surface area contributed by atoms with Gasteiger partial charge in [0.15, 0.2) is 0 Å². The van der Waals surface area contributed by atoms with Gasteiger partial charge in [-0.15, -0.1) is 0 Å². The van der Waals surface area contributed by atoms with E-state index in [9.17, 15) is 0 Å². The summed E-state index contributed by atoms with van der Waals surface area (Å²) >= 11 is 3.58. The van der Waals surface area contributed by atoms with Crippen LogP contribution in [-0.4, -0.2) is 0 Å². The van der Waals surface area contributed by atoms with E-state index in [4.69, 9.17) is 0 Å². The lowest BCUT2D eigenvalue weighted by Crippen LogP contribution is -1.92. The van der Waals surface area contributed by atoms with Crippen LogP contribution in [-0.2, 0) is 0 Å². The van der Waals surface area contributed by atoms with Gasteiger partial charge in [0.25, 0.3) is 0 Å². The van der Waals surface area contributed by atoms with E-state index >= 15 is 0 Å². The zero-order valence-electron chi connectivity index (χ0n) is 7.02. The normalized spacial score (nSPS) is 18.4. The van der Waals surface area contributed by atoms with Crippen LogP contribution in [0, 0.1) is 6.07 Å². The summed E-state index contributed by atoms with van der Waals surface area (Å²) < 4.78 is 1.23. The molecule has 1 aromatic rings. The van der Waals surface area contributed by atoms with E-state index in [2.05, 4.69) is 28.1 Å². The molecule has 63 valence electrons. The second-order valence-electron chi connectivity index (χ2n) is 3.41. The summed E-state index contributed by atoms with van der Waals surface area (Å²) in [6, 6.07) is 9.49. The lowest BCUT2D eigenvalue weighted by molar-refractivity contribution is 0.718. The lowest BCUT2D eigenvalue weighted by Gasteiger charge is -2.10. The minimum absolute atomic E-state index is 0.764. The maximum Gasteiger partial charge on any atom is 0.0216 e. The van der Waals surface area contributed by atoms with Gasteiger partial charge < -0.3 is 0 Å². The maximum absolute atomic E-state index is 3.58. The number of hydrogen-bond donors (Lipinski definition) is 0. The Morgan fingerprint density at radius 1 is 1.33 bits per heavy atom. The van der Waals surface area contributed by atoms with Gasteiger partial charge in [0, 0.05) is 4.47 Å². The van der Waals surface area contributed by atoms with Gasteiger partial charge in [0.05, 0.1) is 0 Å². The lowest BCUT2D eigenvalue weighted by atomic mass is 9.98. The molecule has 0 amide bonds. The first-order chi connectivity index (χ1) is 5.88. The fourth-order valence-electron chi connectivity index (χ4n) is 1.96. The van der Waals surface area contributed by atoms with Crippen molar-refractivity contribution >= 4 is 15.9 Å². The highest BCUT2D eigenvalue weighted by Crippen LogP contribution is 2.36. The second kappa shape index (κ2) is 3.61. The predicted molar refractivity (Wildman–Crippen MR) is 54.2 cm³/mol. The molecule has 0 heterocycles. The van der Waals surface area contributed by atoms with Gasteiger partial charge in [-0.3, -0.25) is 0 Å². The standard InChI is InChI=1S/C11H12Br/c12-11-8-4-3-7-10(11)9-5-1-2-6-9/h3-4,8-9H,1-2,5-6H2. The molecule has 1 aliphatic rings. The van der Waals surface area contributed by atoms with Gasteiger partial charge in [0.2, 0.25) is 0 Å². The summed E-state index contributed by atoms with van der Waals surface area (Å²) in [6.07, 6.45) is 5.47. The van der Waals surface area contributed by atoms with Crippen LogP contribution in [0.2, 0.25) is 0 Å². The van der Waals surface area contributed by atoms with Crippen LogP contribution in [0.4, 0.5) is 0 Å². The molecule has 1 aliphatic carbocycles. The quantitative estimate of drug-likeness (QED) is 0.678. The van der Waals surface area contributed by atoms with Crippen molar-refractivity contribution in [2.75, 3.05) is 0 Å². The number of hydrogen-bond acceptors (Lipinski definition) is 0. The average Bonchev–Trinajstić information content (AvgIpc) is 2.57. The highest BCUT2D eigenvalue weighted by atomic mass is 79.9. The topological polar surface area (TPSA) is 0 Å². The van der Waals surface area contributed by atoms with Crippen molar-refractivity contribution in [1.82, 2.24) is 0 Å². The molecule has 0 spiro atoms. The first kappa shape index (κ1) is 8.31. The molecule has 2 rings (SSSR count). The van der Waals surface area contributed by atoms with Gasteiger partial charge in [-0.05, 0) is 36.5 Å². The van der Waals surface area contributed by atoms with Gasteiger partial charge in [-0.2, -0.15) is 0 Å². The summed E-state index contributed by atoms with van der Waals surface area (Å²) in [6.45, 7) is 0. The molecular formula is C11H12Br. The van der Waals surface area contributed by atoms with Crippen molar-refractivity contribution in [2.45, 2.75) is 31.6 Å². The van der Waals surface area contributed by atoms with Gasteiger partial charge in [-0.1, -0.05) is 40.9 Å². The number of rotatable bonds is 1. The van der Waals surface area contributed by atoms with Crippen molar-refractivity contribution in [3.05, 3.63) is 34.3 Å². The smallest absolute Gasteiger partial charge is 0.0216 e. The Labute approximate surface area is 82.1 Å². The molecule has 0 unspecified atom stereocenters. The first-order valence-corrected chi connectivity index (χ1v) is 5.33. The number of halogens is 1. The Kier molecular flexibility index (Phi) is 2.50. The monoisotopic (exact) mass is 223 g/mol. The Bertz CT molecular complexity index is 261. The van der Waals surface area contributed by atoms with Crippen LogP contribution in [0.15, 0.2) is 22.7 Å². The van der Waals surface area contributed by atoms with Crippen LogP contribution in [0.5, 0.6) is 0 Å². The molecule has 12 heavy (non-hydrogen) atoms. The third-order valence-corrected chi connectivity index (χ3v) is 3.29. The highest BCUT2D eigenvalue weighted by molar-refractivity contribution is 9.10. The third kappa shape index (κ3) is 1.56. The summed E-state index contributed by atoms with van der Waals surface area (Å²) in [5.41, 5.74) is 1.38. The van der Waals surface area contributed by atoms with Crippen molar-refractivity contribution in [3.63, 3.8) is 0 Å². The molecule has 0 bridgehead atoms. The van der Waals surface area contributed by atoms with Gasteiger partial charge in [-0.25, -0.2) is 0 Å². The van der Waals surface area contributed by atoms with E-state index in [1.54, 1.807) is 0 Å². The van der Waals surface area contributed by atoms with Crippen LogP contribution >= 0.6 is 15.9 Å². The number of benzene rings is 1. The van der Waals surface area contributed by atoms with Crippen LogP contribution in [0.25, 0.3) is 0 Å². The molecule has 0 aromatic heterocycles. The summed E-state index contributed by atoms with van der Waals surface area (Å²) in [5, 5.41) is 0. The van der Waals surface area contributed by atoms with E-state index < -0.39 is 0 Å².